The van der Waals surface area contributed by atoms with Crippen molar-refractivity contribution >= 4 is 17.4 Å². The Bertz CT molecular complexity index is 1010. The number of ether oxygens (including phenoxy) is 2. The van der Waals surface area contributed by atoms with E-state index in [1.807, 2.05) is 29.7 Å². The van der Waals surface area contributed by atoms with Gasteiger partial charge in [-0.2, -0.15) is 0 Å². The normalized spacial score (nSPS) is 13.0. The lowest BCUT2D eigenvalue weighted by atomic mass is 10.1. The molecule has 0 spiro atoms. The van der Waals surface area contributed by atoms with Crippen molar-refractivity contribution in [3.05, 3.63) is 75.1 Å². The van der Waals surface area contributed by atoms with Gasteiger partial charge in [0.2, 0.25) is 0 Å². The van der Waals surface area contributed by atoms with Crippen LogP contribution >= 0.6 is 11.8 Å². The quantitative estimate of drug-likeness (QED) is 0.355. The van der Waals surface area contributed by atoms with E-state index in [0.717, 1.165) is 22.1 Å². The van der Waals surface area contributed by atoms with Crippen LogP contribution in [-0.4, -0.2) is 26.5 Å². The van der Waals surface area contributed by atoms with Gasteiger partial charge in [0.1, 0.15) is 11.6 Å². The monoisotopic (exact) mass is 398 g/mol. The summed E-state index contributed by atoms with van der Waals surface area (Å²) in [5, 5.41) is 20.5. The molecule has 8 nitrogen and oxygen atoms in total. The molecule has 0 fully saturated rings. The smallest absolute Gasteiger partial charge is 0.270 e. The zero-order chi connectivity index (χ0) is 19.5. The molecule has 2 heterocycles. The summed E-state index contributed by atoms with van der Waals surface area (Å²) in [6, 6.07) is 13.1. The second-order valence-electron chi connectivity index (χ2n) is 6.35. The van der Waals surface area contributed by atoms with Crippen molar-refractivity contribution in [2.75, 3.05) is 6.79 Å². The molecule has 1 aliphatic rings. The average Bonchev–Trinajstić information content (AvgIpc) is 3.06. The number of nitro benzene ring substituents is 1. The highest BCUT2D eigenvalue weighted by molar-refractivity contribution is 7.98. The summed E-state index contributed by atoms with van der Waals surface area (Å²) in [6.07, 6.45) is 0. The number of benzene rings is 2. The molecule has 0 saturated carbocycles. The summed E-state index contributed by atoms with van der Waals surface area (Å²) in [4.78, 5) is 10.9. The number of non-ortho nitro benzene ring substituents is 1. The molecule has 0 radical (unpaired) electrons. The maximum Gasteiger partial charge on any atom is 0.270 e. The first kappa shape index (κ1) is 18.5. The van der Waals surface area contributed by atoms with Crippen molar-refractivity contribution in [2.24, 2.45) is 0 Å². The molecule has 4 rings (SSSR count). The Labute approximate surface area is 165 Å². The number of thioether (sulfide) groups is 1. The zero-order valence-electron chi connectivity index (χ0n) is 15.2. The van der Waals surface area contributed by atoms with Crippen LogP contribution in [0.5, 0.6) is 5.75 Å². The van der Waals surface area contributed by atoms with E-state index in [1.165, 1.54) is 17.8 Å². The number of aromatic nitrogens is 3. The van der Waals surface area contributed by atoms with Gasteiger partial charge >= 0.3 is 0 Å². The molecule has 0 amide bonds. The van der Waals surface area contributed by atoms with Gasteiger partial charge in [-0.25, -0.2) is 0 Å². The molecule has 0 bridgehead atoms. The lowest BCUT2D eigenvalue weighted by Gasteiger charge is -2.20. The number of nitrogens with zero attached hydrogens (tertiary/aromatic N) is 4. The van der Waals surface area contributed by atoms with Gasteiger partial charge in [0, 0.05) is 29.0 Å². The molecule has 28 heavy (non-hydrogen) atoms. The lowest BCUT2D eigenvalue weighted by molar-refractivity contribution is -0.385. The van der Waals surface area contributed by atoms with E-state index in [2.05, 4.69) is 22.3 Å². The Kier molecular flexibility index (Phi) is 5.27. The molecule has 1 aromatic heterocycles. The number of aryl methyl sites for hydroxylation is 1. The fourth-order valence-electron chi connectivity index (χ4n) is 3.05. The topological polar surface area (TPSA) is 92.3 Å². The molecular formula is C19H18N4O4S. The third kappa shape index (κ3) is 3.85. The van der Waals surface area contributed by atoms with Crippen molar-refractivity contribution in [1.82, 2.24) is 14.8 Å². The Balaban J connectivity index is 1.59. The first-order chi connectivity index (χ1) is 13.6. The van der Waals surface area contributed by atoms with E-state index in [9.17, 15) is 10.1 Å². The summed E-state index contributed by atoms with van der Waals surface area (Å²) in [7, 11) is 0. The summed E-state index contributed by atoms with van der Waals surface area (Å²) >= 11 is 1.48. The fourth-order valence-corrected chi connectivity index (χ4v) is 4.00. The number of rotatable bonds is 6. The highest BCUT2D eigenvalue weighted by Crippen LogP contribution is 2.36. The largest absolute Gasteiger partial charge is 0.467 e. The maximum absolute atomic E-state index is 11.3. The van der Waals surface area contributed by atoms with E-state index in [1.54, 1.807) is 6.07 Å². The molecule has 9 heteroatoms. The van der Waals surface area contributed by atoms with Crippen molar-refractivity contribution in [1.29, 1.82) is 0 Å². The Morgan fingerprint density at radius 3 is 2.86 bits per heavy atom. The third-order valence-corrected chi connectivity index (χ3v) is 5.44. The van der Waals surface area contributed by atoms with Gasteiger partial charge in [-0.05, 0) is 12.5 Å². The molecule has 0 N–H and O–H groups in total. The number of hydrogen-bond donors (Lipinski definition) is 0. The van der Waals surface area contributed by atoms with Crippen LogP contribution in [0.15, 0.2) is 47.6 Å². The molecule has 2 aromatic carbocycles. The predicted octanol–water partition coefficient (Wildman–Crippen LogP) is 3.70. The zero-order valence-corrected chi connectivity index (χ0v) is 16.0. The average molecular weight is 398 g/mol. The van der Waals surface area contributed by atoms with Gasteiger partial charge in [-0.15, -0.1) is 10.2 Å². The second-order valence-corrected chi connectivity index (χ2v) is 7.29. The molecule has 3 aromatic rings. The molecule has 1 aliphatic heterocycles. The van der Waals surface area contributed by atoms with E-state index >= 15 is 0 Å². The Morgan fingerprint density at radius 1 is 1.25 bits per heavy atom. The minimum Gasteiger partial charge on any atom is -0.467 e. The van der Waals surface area contributed by atoms with Crippen LogP contribution in [0, 0.1) is 17.0 Å². The van der Waals surface area contributed by atoms with Gasteiger partial charge in [-0.1, -0.05) is 42.1 Å². The Morgan fingerprint density at radius 2 is 2.07 bits per heavy atom. The molecule has 0 unspecified atom stereocenters. The van der Waals surface area contributed by atoms with Gasteiger partial charge in [-0.3, -0.25) is 10.1 Å². The number of nitro groups is 1. The standard InChI is InChI=1S/C19H18N4O4S/c1-13-20-21-19(22(13)9-14-5-3-2-4-6-14)28-11-16-8-17(23(24)25)7-15-10-26-12-27-18(15)16/h2-8H,9-12H2,1H3. The van der Waals surface area contributed by atoms with Crippen molar-refractivity contribution in [2.45, 2.75) is 31.0 Å². The van der Waals surface area contributed by atoms with E-state index in [0.29, 0.717) is 30.2 Å². The van der Waals surface area contributed by atoms with Gasteiger partial charge in [0.05, 0.1) is 18.1 Å². The third-order valence-electron chi connectivity index (χ3n) is 4.42. The highest BCUT2D eigenvalue weighted by Gasteiger charge is 2.22. The highest BCUT2D eigenvalue weighted by atomic mass is 32.2. The van der Waals surface area contributed by atoms with E-state index in [-0.39, 0.29) is 12.5 Å². The van der Waals surface area contributed by atoms with Crippen molar-refractivity contribution in [3.8, 4) is 5.75 Å². The van der Waals surface area contributed by atoms with Crippen LogP contribution in [0.2, 0.25) is 0 Å². The van der Waals surface area contributed by atoms with E-state index < -0.39 is 4.92 Å². The summed E-state index contributed by atoms with van der Waals surface area (Å²) in [6.45, 7) is 3.03. The van der Waals surface area contributed by atoms with Crippen LogP contribution in [0.25, 0.3) is 0 Å². The van der Waals surface area contributed by atoms with Crippen LogP contribution in [-0.2, 0) is 23.6 Å². The number of fused-ring (bicyclic) bond motifs is 1. The molecule has 0 saturated heterocycles. The second kappa shape index (κ2) is 7.99. The van der Waals surface area contributed by atoms with Crippen molar-refractivity contribution in [3.63, 3.8) is 0 Å². The van der Waals surface area contributed by atoms with Gasteiger partial charge < -0.3 is 14.0 Å². The molecule has 0 atom stereocenters. The molecule has 0 aliphatic carbocycles. The first-order valence-corrected chi connectivity index (χ1v) is 9.67. The molecular weight excluding hydrogens is 380 g/mol. The summed E-state index contributed by atoms with van der Waals surface area (Å²) in [5.41, 5.74) is 2.63. The first-order valence-electron chi connectivity index (χ1n) is 8.69. The van der Waals surface area contributed by atoms with Crippen molar-refractivity contribution < 1.29 is 14.4 Å². The minimum atomic E-state index is -0.398. The van der Waals surface area contributed by atoms with Crippen LogP contribution in [0.3, 0.4) is 0 Å². The predicted molar refractivity (Wildman–Crippen MR) is 103 cm³/mol. The van der Waals surface area contributed by atoms with Crippen LogP contribution < -0.4 is 4.74 Å². The Hall–Kier alpha value is -2.91. The SMILES string of the molecule is Cc1nnc(SCc2cc([N+](=O)[O-])cc3c2OCOC3)n1Cc1ccccc1. The lowest BCUT2D eigenvalue weighted by Crippen LogP contribution is -2.13. The van der Waals surface area contributed by atoms with Crippen LogP contribution in [0.1, 0.15) is 22.5 Å². The molecule has 144 valence electrons. The maximum atomic E-state index is 11.3. The van der Waals surface area contributed by atoms with Crippen LogP contribution in [0.4, 0.5) is 5.69 Å². The minimum absolute atomic E-state index is 0.0328. The summed E-state index contributed by atoms with van der Waals surface area (Å²) in [5.74, 6) is 1.96. The van der Waals surface area contributed by atoms with E-state index in [4.69, 9.17) is 9.47 Å². The van der Waals surface area contributed by atoms with Gasteiger partial charge in [0.15, 0.2) is 11.9 Å². The van der Waals surface area contributed by atoms with Gasteiger partial charge in [0.25, 0.3) is 5.69 Å². The number of hydrogen-bond acceptors (Lipinski definition) is 7. The summed E-state index contributed by atoms with van der Waals surface area (Å²) < 4.78 is 12.9. The fraction of sp³-hybridized carbons (Fsp3) is 0.263.